The van der Waals surface area contributed by atoms with Gasteiger partial charge in [0.2, 0.25) is 11.8 Å². The predicted octanol–water partition coefficient (Wildman–Crippen LogP) is 2.92. The first-order valence-corrected chi connectivity index (χ1v) is 10.7. The van der Waals surface area contributed by atoms with Crippen LogP contribution in [0.2, 0.25) is 0 Å². The number of piperidine rings is 1. The van der Waals surface area contributed by atoms with E-state index in [1.807, 2.05) is 35.2 Å². The molecule has 1 aromatic heterocycles. The van der Waals surface area contributed by atoms with Crippen LogP contribution in [0.25, 0.3) is 5.69 Å². The average molecular weight is 436 g/mol. The molecule has 2 aromatic carbocycles. The van der Waals surface area contributed by atoms with Crippen molar-refractivity contribution in [2.75, 3.05) is 18.4 Å². The Bertz CT molecular complexity index is 1090. The first-order valence-electron chi connectivity index (χ1n) is 10.7. The number of rotatable bonds is 6. The van der Waals surface area contributed by atoms with Crippen molar-refractivity contribution in [3.63, 3.8) is 0 Å². The van der Waals surface area contributed by atoms with Gasteiger partial charge in [0.1, 0.15) is 5.82 Å². The summed E-state index contributed by atoms with van der Waals surface area (Å²) >= 11 is 0. The molecule has 1 saturated heterocycles. The van der Waals surface area contributed by atoms with Crippen molar-refractivity contribution in [2.45, 2.75) is 32.6 Å². The fourth-order valence-corrected chi connectivity index (χ4v) is 3.89. The molecule has 9 heteroatoms. The normalized spacial score (nSPS) is 14.4. The van der Waals surface area contributed by atoms with Crippen LogP contribution in [0.5, 0.6) is 0 Å². The summed E-state index contributed by atoms with van der Waals surface area (Å²) in [5.41, 5.74) is 1.78. The zero-order valence-electron chi connectivity index (χ0n) is 17.9. The Kier molecular flexibility index (Phi) is 6.53. The van der Waals surface area contributed by atoms with Gasteiger partial charge in [-0.1, -0.05) is 30.3 Å². The van der Waals surface area contributed by atoms with E-state index >= 15 is 0 Å². The highest BCUT2D eigenvalue weighted by molar-refractivity contribution is 5.93. The third-order valence-corrected chi connectivity index (χ3v) is 5.77. The number of tetrazole rings is 1. The number of nitrogens with one attached hydrogen (secondary N) is 1. The molecule has 3 aromatic rings. The summed E-state index contributed by atoms with van der Waals surface area (Å²) in [6.07, 6.45) is 2.26. The highest BCUT2D eigenvalue weighted by atomic mass is 19.1. The van der Waals surface area contributed by atoms with Gasteiger partial charge in [-0.05, 0) is 60.4 Å². The van der Waals surface area contributed by atoms with Gasteiger partial charge >= 0.3 is 0 Å². The Morgan fingerprint density at radius 3 is 2.56 bits per heavy atom. The lowest BCUT2D eigenvalue weighted by Crippen LogP contribution is -2.41. The molecule has 4 rings (SSSR count). The number of aromatic nitrogens is 4. The molecule has 2 heterocycles. The van der Waals surface area contributed by atoms with Crippen LogP contribution in [-0.4, -0.2) is 50.0 Å². The summed E-state index contributed by atoms with van der Waals surface area (Å²) in [6.45, 7) is 2.78. The number of benzene rings is 2. The van der Waals surface area contributed by atoms with E-state index in [2.05, 4.69) is 20.8 Å². The molecule has 0 atom stereocenters. The van der Waals surface area contributed by atoms with Gasteiger partial charge in [-0.3, -0.25) is 9.59 Å². The highest BCUT2D eigenvalue weighted by Crippen LogP contribution is 2.23. The van der Waals surface area contributed by atoms with Crippen LogP contribution in [0.15, 0.2) is 48.5 Å². The van der Waals surface area contributed by atoms with Crippen LogP contribution in [0.3, 0.4) is 0 Å². The lowest BCUT2D eigenvalue weighted by Gasteiger charge is -2.31. The van der Waals surface area contributed by atoms with E-state index in [4.69, 9.17) is 0 Å². The zero-order valence-corrected chi connectivity index (χ0v) is 17.9. The molecule has 0 saturated carbocycles. The maximum Gasteiger partial charge on any atom is 0.227 e. The molecule has 0 aliphatic carbocycles. The number of carbonyl (C=O) groups excluding carboxylic acids is 2. The van der Waals surface area contributed by atoms with Crippen LogP contribution in [0.4, 0.5) is 10.1 Å². The SMILES string of the molecule is Cc1nnnn1-c1ccc(F)c(NC(=O)C2CCN(C(=O)CCc3ccccc3)CC2)c1. The fourth-order valence-electron chi connectivity index (χ4n) is 3.89. The Balaban J connectivity index is 1.31. The van der Waals surface area contributed by atoms with E-state index in [0.717, 1.165) is 5.56 Å². The van der Waals surface area contributed by atoms with Crippen molar-refractivity contribution in [3.8, 4) is 5.69 Å². The standard InChI is InChI=1S/C23H25FN6O2/c1-16-26-27-28-30(16)19-8-9-20(24)21(15-19)25-23(32)18-11-13-29(14-12-18)22(31)10-7-17-5-3-2-4-6-17/h2-6,8-9,15,18H,7,10-14H2,1H3,(H,25,32). The van der Waals surface area contributed by atoms with E-state index in [9.17, 15) is 14.0 Å². The summed E-state index contributed by atoms with van der Waals surface area (Å²) < 4.78 is 15.8. The first kappa shape index (κ1) is 21.6. The van der Waals surface area contributed by atoms with Crippen molar-refractivity contribution in [1.82, 2.24) is 25.1 Å². The Labute approximate surface area is 185 Å². The zero-order chi connectivity index (χ0) is 22.5. The maximum absolute atomic E-state index is 14.3. The van der Waals surface area contributed by atoms with E-state index in [1.165, 1.54) is 16.8 Å². The van der Waals surface area contributed by atoms with Gasteiger partial charge in [-0.15, -0.1) is 5.10 Å². The van der Waals surface area contributed by atoms with Gasteiger partial charge in [0.15, 0.2) is 5.82 Å². The van der Waals surface area contributed by atoms with Crippen molar-refractivity contribution in [2.24, 2.45) is 5.92 Å². The number of hydrogen-bond donors (Lipinski definition) is 1. The Morgan fingerprint density at radius 1 is 1.12 bits per heavy atom. The third kappa shape index (κ3) is 4.99. The minimum atomic E-state index is -0.527. The molecule has 8 nitrogen and oxygen atoms in total. The molecule has 0 spiro atoms. The number of hydrogen-bond acceptors (Lipinski definition) is 5. The van der Waals surface area contributed by atoms with Crippen LogP contribution in [-0.2, 0) is 16.0 Å². The molecule has 1 aliphatic heterocycles. The number of likely N-dealkylation sites (tertiary alicyclic amines) is 1. The van der Waals surface area contributed by atoms with Gasteiger partial charge < -0.3 is 10.2 Å². The van der Waals surface area contributed by atoms with E-state index < -0.39 is 5.82 Å². The molecule has 166 valence electrons. The van der Waals surface area contributed by atoms with Crippen molar-refractivity contribution < 1.29 is 14.0 Å². The molecule has 2 amide bonds. The van der Waals surface area contributed by atoms with Crippen LogP contribution < -0.4 is 5.32 Å². The monoisotopic (exact) mass is 436 g/mol. The summed E-state index contributed by atoms with van der Waals surface area (Å²) in [7, 11) is 0. The molecular weight excluding hydrogens is 411 g/mol. The first-order chi connectivity index (χ1) is 15.5. The largest absolute Gasteiger partial charge is 0.343 e. The summed E-state index contributed by atoms with van der Waals surface area (Å²) in [6, 6.07) is 14.2. The second-order valence-corrected chi connectivity index (χ2v) is 7.93. The third-order valence-electron chi connectivity index (χ3n) is 5.77. The number of amides is 2. The minimum Gasteiger partial charge on any atom is -0.343 e. The number of anilines is 1. The molecule has 32 heavy (non-hydrogen) atoms. The van der Waals surface area contributed by atoms with Gasteiger partial charge in [0.05, 0.1) is 11.4 Å². The molecule has 1 aliphatic rings. The van der Waals surface area contributed by atoms with Crippen LogP contribution in [0.1, 0.15) is 30.7 Å². The van der Waals surface area contributed by atoms with E-state index in [1.54, 1.807) is 13.0 Å². The fraction of sp³-hybridized carbons (Fsp3) is 0.348. The molecule has 0 bridgehead atoms. The van der Waals surface area contributed by atoms with Gasteiger partial charge in [-0.2, -0.15) is 4.68 Å². The summed E-state index contributed by atoms with van der Waals surface area (Å²) in [5, 5.41) is 14.0. The molecule has 1 fully saturated rings. The smallest absolute Gasteiger partial charge is 0.227 e. The molecule has 1 N–H and O–H groups in total. The molecule has 0 unspecified atom stereocenters. The summed E-state index contributed by atoms with van der Waals surface area (Å²) in [4.78, 5) is 27.1. The average Bonchev–Trinajstić information content (AvgIpc) is 3.25. The van der Waals surface area contributed by atoms with Crippen LogP contribution in [0, 0.1) is 18.7 Å². The minimum absolute atomic E-state index is 0.0868. The number of nitrogens with zero attached hydrogens (tertiary/aromatic N) is 5. The van der Waals surface area contributed by atoms with Gasteiger partial charge in [0.25, 0.3) is 0 Å². The molecule has 0 radical (unpaired) electrons. The highest BCUT2D eigenvalue weighted by Gasteiger charge is 2.27. The number of halogens is 1. The number of carbonyl (C=O) groups is 2. The van der Waals surface area contributed by atoms with Crippen molar-refractivity contribution in [1.29, 1.82) is 0 Å². The second-order valence-electron chi connectivity index (χ2n) is 7.93. The summed E-state index contributed by atoms with van der Waals surface area (Å²) in [5.74, 6) is -0.389. The predicted molar refractivity (Wildman–Crippen MR) is 117 cm³/mol. The Morgan fingerprint density at radius 2 is 1.88 bits per heavy atom. The van der Waals surface area contributed by atoms with Crippen molar-refractivity contribution in [3.05, 3.63) is 65.7 Å². The van der Waals surface area contributed by atoms with E-state index in [0.29, 0.717) is 50.3 Å². The lowest BCUT2D eigenvalue weighted by atomic mass is 9.95. The van der Waals surface area contributed by atoms with Crippen molar-refractivity contribution >= 4 is 17.5 Å². The molecular formula is C23H25FN6O2. The second kappa shape index (κ2) is 9.67. The van der Waals surface area contributed by atoms with Gasteiger partial charge in [-0.25, -0.2) is 4.39 Å². The van der Waals surface area contributed by atoms with E-state index in [-0.39, 0.29) is 23.4 Å². The van der Waals surface area contributed by atoms with Gasteiger partial charge in [0, 0.05) is 25.4 Å². The lowest BCUT2D eigenvalue weighted by molar-refractivity contribution is -0.134. The van der Waals surface area contributed by atoms with Crippen LogP contribution >= 0.6 is 0 Å². The Hall–Kier alpha value is -3.62. The maximum atomic E-state index is 14.3. The quantitative estimate of drug-likeness (QED) is 0.641. The topological polar surface area (TPSA) is 93.0 Å². The number of aryl methyl sites for hydroxylation is 2.